The van der Waals surface area contributed by atoms with Crippen LogP contribution in [0.2, 0.25) is 0 Å². The molecule has 0 bridgehead atoms. The monoisotopic (exact) mass is 288 g/mol. The summed E-state index contributed by atoms with van der Waals surface area (Å²) in [5.74, 6) is 0.246. The zero-order valence-corrected chi connectivity index (χ0v) is 12.7. The number of nitrogens with one attached hydrogen (secondary N) is 1. The molecule has 3 nitrogen and oxygen atoms in total. The average Bonchev–Trinajstić information content (AvgIpc) is 2.50. The average molecular weight is 288 g/mol. The lowest BCUT2D eigenvalue weighted by molar-refractivity contribution is 0.410. The Labute approximate surface area is 125 Å². The maximum absolute atomic E-state index is 14.3. The van der Waals surface area contributed by atoms with Crippen molar-refractivity contribution in [2.24, 2.45) is 0 Å². The van der Waals surface area contributed by atoms with Crippen molar-refractivity contribution in [3.63, 3.8) is 0 Å². The molecule has 21 heavy (non-hydrogen) atoms. The van der Waals surface area contributed by atoms with Gasteiger partial charge in [-0.3, -0.25) is 4.98 Å². The third-order valence-electron chi connectivity index (χ3n) is 3.38. The highest BCUT2D eigenvalue weighted by Gasteiger charge is 2.18. The number of nitrogens with zero attached hydrogens (tertiary/aromatic N) is 1. The van der Waals surface area contributed by atoms with Crippen LogP contribution in [0.5, 0.6) is 5.75 Å². The predicted octanol–water partition coefficient (Wildman–Crippen LogP) is 3.63. The summed E-state index contributed by atoms with van der Waals surface area (Å²) in [5.41, 5.74) is 2.51. The number of methoxy groups -OCH3 is 1. The van der Waals surface area contributed by atoms with E-state index >= 15 is 0 Å². The van der Waals surface area contributed by atoms with Crippen LogP contribution in [0.4, 0.5) is 4.39 Å². The minimum atomic E-state index is -0.275. The molecule has 0 aliphatic rings. The van der Waals surface area contributed by atoms with Gasteiger partial charge in [0, 0.05) is 23.5 Å². The fourth-order valence-electron chi connectivity index (χ4n) is 2.21. The molecule has 1 heterocycles. The summed E-state index contributed by atoms with van der Waals surface area (Å²) in [6.45, 7) is 4.83. The van der Waals surface area contributed by atoms with Gasteiger partial charge in [-0.15, -0.1) is 0 Å². The predicted molar refractivity (Wildman–Crippen MR) is 82.1 cm³/mol. The normalized spacial score (nSPS) is 12.2. The molecule has 1 aromatic carbocycles. The maximum atomic E-state index is 14.3. The van der Waals surface area contributed by atoms with Crippen molar-refractivity contribution in [1.29, 1.82) is 0 Å². The van der Waals surface area contributed by atoms with Crippen LogP contribution in [0, 0.1) is 12.7 Å². The molecule has 1 N–H and O–H groups in total. The van der Waals surface area contributed by atoms with Crippen molar-refractivity contribution in [2.45, 2.75) is 26.3 Å². The Hall–Kier alpha value is -1.94. The fraction of sp³-hybridized carbons (Fsp3) is 0.353. The van der Waals surface area contributed by atoms with Crippen LogP contribution in [-0.4, -0.2) is 18.6 Å². The van der Waals surface area contributed by atoms with Gasteiger partial charge in [0.1, 0.15) is 11.6 Å². The Bertz CT molecular complexity index is 584. The molecule has 0 fully saturated rings. The summed E-state index contributed by atoms with van der Waals surface area (Å²) in [5, 5.41) is 3.38. The molecular weight excluding hydrogens is 267 g/mol. The molecular formula is C17H21FN2O. The van der Waals surface area contributed by atoms with E-state index in [9.17, 15) is 4.39 Å². The minimum absolute atomic E-state index is 0.205. The van der Waals surface area contributed by atoms with Gasteiger partial charge in [0.05, 0.1) is 13.2 Å². The van der Waals surface area contributed by atoms with Gasteiger partial charge in [-0.05, 0) is 37.6 Å². The number of pyridine rings is 1. The molecule has 0 saturated carbocycles. The van der Waals surface area contributed by atoms with Crippen molar-refractivity contribution in [3.05, 3.63) is 59.2 Å². The first-order valence-electron chi connectivity index (χ1n) is 7.15. The SMILES string of the molecule is CCCNC(c1ccc(C)nc1)c1ccc(OC)cc1F. The van der Waals surface area contributed by atoms with Crippen LogP contribution in [-0.2, 0) is 0 Å². The van der Waals surface area contributed by atoms with Gasteiger partial charge in [-0.25, -0.2) is 4.39 Å². The number of benzene rings is 1. The largest absolute Gasteiger partial charge is 0.497 e. The first-order chi connectivity index (χ1) is 10.2. The standard InChI is InChI=1S/C17H21FN2O/c1-4-9-19-17(13-6-5-12(2)20-11-13)15-8-7-14(21-3)10-16(15)18/h5-8,10-11,17,19H,4,9H2,1-3H3. The van der Waals surface area contributed by atoms with E-state index in [1.807, 2.05) is 19.1 Å². The van der Waals surface area contributed by atoms with Gasteiger partial charge >= 0.3 is 0 Å². The van der Waals surface area contributed by atoms with Gasteiger partial charge in [0.15, 0.2) is 0 Å². The third-order valence-corrected chi connectivity index (χ3v) is 3.38. The zero-order chi connectivity index (χ0) is 15.2. The summed E-state index contributed by atoms with van der Waals surface area (Å²) >= 11 is 0. The van der Waals surface area contributed by atoms with Crippen molar-refractivity contribution in [1.82, 2.24) is 10.3 Å². The highest BCUT2D eigenvalue weighted by atomic mass is 19.1. The van der Waals surface area contributed by atoms with Crippen LogP contribution >= 0.6 is 0 Å². The zero-order valence-electron chi connectivity index (χ0n) is 12.7. The Kier molecular flexibility index (Phi) is 5.28. The molecule has 1 unspecified atom stereocenters. The van der Waals surface area contributed by atoms with Gasteiger partial charge in [0.25, 0.3) is 0 Å². The van der Waals surface area contributed by atoms with E-state index in [4.69, 9.17) is 4.74 Å². The second-order valence-electron chi connectivity index (χ2n) is 5.01. The summed E-state index contributed by atoms with van der Waals surface area (Å²) in [7, 11) is 1.53. The van der Waals surface area contributed by atoms with E-state index < -0.39 is 0 Å². The van der Waals surface area contributed by atoms with Gasteiger partial charge in [-0.1, -0.05) is 19.1 Å². The summed E-state index contributed by atoms with van der Waals surface area (Å²) in [6, 6.07) is 8.68. The first-order valence-corrected chi connectivity index (χ1v) is 7.15. The van der Waals surface area contributed by atoms with Gasteiger partial charge in [-0.2, -0.15) is 0 Å². The summed E-state index contributed by atoms with van der Waals surface area (Å²) < 4.78 is 19.4. The van der Waals surface area contributed by atoms with Crippen molar-refractivity contribution in [3.8, 4) is 5.75 Å². The lowest BCUT2D eigenvalue weighted by Crippen LogP contribution is -2.24. The number of halogens is 1. The van der Waals surface area contributed by atoms with Gasteiger partial charge in [0.2, 0.25) is 0 Å². The number of hydrogen-bond acceptors (Lipinski definition) is 3. The first kappa shape index (κ1) is 15.4. The van der Waals surface area contributed by atoms with Crippen LogP contribution < -0.4 is 10.1 Å². The van der Waals surface area contributed by atoms with Crippen LogP contribution in [0.3, 0.4) is 0 Å². The number of ether oxygens (including phenoxy) is 1. The van der Waals surface area contributed by atoms with Crippen molar-refractivity contribution < 1.29 is 9.13 Å². The molecule has 0 spiro atoms. The van der Waals surface area contributed by atoms with Crippen LogP contribution in [0.25, 0.3) is 0 Å². The summed E-state index contributed by atoms with van der Waals surface area (Å²) in [6.07, 6.45) is 2.78. The van der Waals surface area contributed by atoms with E-state index in [0.717, 1.165) is 24.2 Å². The Morgan fingerprint density at radius 3 is 2.67 bits per heavy atom. The molecule has 1 aromatic heterocycles. The van der Waals surface area contributed by atoms with E-state index in [1.165, 1.54) is 13.2 Å². The lowest BCUT2D eigenvalue weighted by atomic mass is 9.99. The number of aryl methyl sites for hydroxylation is 1. The summed E-state index contributed by atoms with van der Waals surface area (Å²) in [4.78, 5) is 4.31. The maximum Gasteiger partial charge on any atom is 0.132 e. The highest BCUT2D eigenvalue weighted by molar-refractivity contribution is 5.36. The third kappa shape index (κ3) is 3.79. The molecule has 0 saturated heterocycles. The Balaban J connectivity index is 2.37. The quantitative estimate of drug-likeness (QED) is 0.881. The Morgan fingerprint density at radius 2 is 2.10 bits per heavy atom. The van der Waals surface area contributed by atoms with E-state index in [-0.39, 0.29) is 11.9 Å². The molecule has 2 aromatic rings. The molecule has 2 rings (SSSR count). The number of hydrogen-bond donors (Lipinski definition) is 1. The highest BCUT2D eigenvalue weighted by Crippen LogP contribution is 2.27. The van der Waals surface area contributed by atoms with Crippen molar-refractivity contribution in [2.75, 3.05) is 13.7 Å². The smallest absolute Gasteiger partial charge is 0.132 e. The van der Waals surface area contributed by atoms with Crippen LogP contribution in [0.15, 0.2) is 36.5 Å². The molecule has 1 atom stereocenters. The van der Waals surface area contributed by atoms with Crippen molar-refractivity contribution >= 4 is 0 Å². The molecule has 0 amide bonds. The van der Waals surface area contributed by atoms with Crippen LogP contribution in [0.1, 0.15) is 36.2 Å². The fourth-order valence-corrected chi connectivity index (χ4v) is 2.21. The molecule has 0 radical (unpaired) electrons. The molecule has 0 aliphatic carbocycles. The minimum Gasteiger partial charge on any atom is -0.497 e. The topological polar surface area (TPSA) is 34.2 Å². The lowest BCUT2D eigenvalue weighted by Gasteiger charge is -2.20. The molecule has 112 valence electrons. The number of rotatable bonds is 6. The second-order valence-corrected chi connectivity index (χ2v) is 5.01. The van der Waals surface area contributed by atoms with E-state index in [2.05, 4.69) is 17.2 Å². The van der Waals surface area contributed by atoms with E-state index in [1.54, 1.807) is 18.3 Å². The molecule has 4 heteroatoms. The number of aromatic nitrogens is 1. The Morgan fingerprint density at radius 1 is 1.29 bits per heavy atom. The van der Waals surface area contributed by atoms with Gasteiger partial charge < -0.3 is 10.1 Å². The molecule has 0 aliphatic heterocycles. The van der Waals surface area contributed by atoms with E-state index in [0.29, 0.717) is 11.3 Å². The second kappa shape index (κ2) is 7.18.